The van der Waals surface area contributed by atoms with Crippen LogP contribution in [0.2, 0.25) is 0 Å². The average Bonchev–Trinajstić information content (AvgIpc) is 2.29. The summed E-state index contributed by atoms with van der Waals surface area (Å²) in [5.74, 6) is 1.18. The third-order valence-corrected chi connectivity index (χ3v) is 2.47. The molecule has 3 nitrogen and oxygen atoms in total. The molecule has 16 heavy (non-hydrogen) atoms. The minimum Gasteiger partial charge on any atom is -0.490 e. The van der Waals surface area contributed by atoms with Crippen molar-refractivity contribution in [2.24, 2.45) is 0 Å². The molecule has 0 fully saturated rings. The van der Waals surface area contributed by atoms with Gasteiger partial charge in [-0.25, -0.2) is 0 Å². The lowest BCUT2D eigenvalue weighted by atomic mass is 10.2. The van der Waals surface area contributed by atoms with Gasteiger partial charge in [0.15, 0.2) is 11.5 Å². The van der Waals surface area contributed by atoms with Gasteiger partial charge in [-0.05, 0) is 28.9 Å². The van der Waals surface area contributed by atoms with Crippen molar-refractivity contribution in [2.45, 2.75) is 6.92 Å². The summed E-state index contributed by atoms with van der Waals surface area (Å²) in [6.45, 7) is 6.38. The van der Waals surface area contributed by atoms with E-state index >= 15 is 0 Å². The second kappa shape index (κ2) is 6.19. The number of halogens is 1. The highest BCUT2D eigenvalue weighted by Crippen LogP contribution is 2.33. The van der Waals surface area contributed by atoms with Gasteiger partial charge in [-0.2, -0.15) is 5.26 Å². The first-order chi connectivity index (χ1) is 7.72. The van der Waals surface area contributed by atoms with Crippen LogP contribution in [0.25, 0.3) is 0 Å². The molecule has 0 aliphatic rings. The normalized spacial score (nSPS) is 9.31. The Balaban J connectivity index is 3.09. The summed E-state index contributed by atoms with van der Waals surface area (Å²) in [6.07, 6.45) is 1.65. The van der Waals surface area contributed by atoms with Gasteiger partial charge in [0.25, 0.3) is 0 Å². The fraction of sp³-hybridized carbons (Fsp3) is 0.250. The first kappa shape index (κ1) is 12.6. The average molecular weight is 282 g/mol. The Hall–Kier alpha value is -1.47. The minimum absolute atomic E-state index is 0.401. The largest absolute Gasteiger partial charge is 0.490 e. The third-order valence-electron chi connectivity index (χ3n) is 1.81. The summed E-state index contributed by atoms with van der Waals surface area (Å²) in [5.41, 5.74) is 0.523. The van der Waals surface area contributed by atoms with Crippen LogP contribution in [0.15, 0.2) is 29.3 Å². The molecule has 0 radical (unpaired) electrons. The molecule has 0 N–H and O–H groups in total. The molecule has 0 aliphatic heterocycles. The molecular formula is C12H12BrNO2. The number of hydrogen-bond acceptors (Lipinski definition) is 3. The SMILES string of the molecule is C=CCOc1cc(Br)c(C#N)cc1OCC. The van der Waals surface area contributed by atoms with E-state index in [0.29, 0.717) is 34.7 Å². The molecule has 0 aromatic heterocycles. The van der Waals surface area contributed by atoms with E-state index in [1.165, 1.54) is 0 Å². The molecule has 1 rings (SSSR count). The predicted octanol–water partition coefficient (Wildman–Crippen LogP) is 3.28. The maximum atomic E-state index is 8.89. The fourth-order valence-corrected chi connectivity index (χ4v) is 1.56. The van der Waals surface area contributed by atoms with E-state index in [-0.39, 0.29) is 0 Å². The van der Waals surface area contributed by atoms with Gasteiger partial charge in [0.2, 0.25) is 0 Å². The van der Waals surface area contributed by atoms with Crippen LogP contribution >= 0.6 is 15.9 Å². The van der Waals surface area contributed by atoms with Crippen LogP contribution in [-0.2, 0) is 0 Å². The predicted molar refractivity (Wildman–Crippen MR) is 65.7 cm³/mol. The molecule has 0 aliphatic carbocycles. The van der Waals surface area contributed by atoms with Crippen LogP contribution in [0.5, 0.6) is 11.5 Å². The molecule has 0 amide bonds. The quantitative estimate of drug-likeness (QED) is 0.778. The third kappa shape index (κ3) is 3.01. The Bertz CT molecular complexity index is 424. The summed E-state index contributed by atoms with van der Waals surface area (Å²) >= 11 is 3.30. The molecule has 0 atom stereocenters. The maximum absolute atomic E-state index is 8.89. The standard InChI is InChI=1S/C12H12BrNO2/c1-3-5-16-12-7-10(13)9(8-14)6-11(12)15-4-2/h3,6-7H,1,4-5H2,2H3. The van der Waals surface area contributed by atoms with Crippen molar-refractivity contribution in [1.82, 2.24) is 0 Å². The van der Waals surface area contributed by atoms with Crippen LogP contribution in [-0.4, -0.2) is 13.2 Å². The van der Waals surface area contributed by atoms with E-state index < -0.39 is 0 Å². The van der Waals surface area contributed by atoms with Crippen LogP contribution in [0.3, 0.4) is 0 Å². The zero-order chi connectivity index (χ0) is 12.0. The minimum atomic E-state index is 0.401. The number of rotatable bonds is 5. The molecule has 0 saturated heterocycles. The summed E-state index contributed by atoms with van der Waals surface area (Å²) in [4.78, 5) is 0. The number of benzene rings is 1. The van der Waals surface area contributed by atoms with Crippen molar-refractivity contribution in [1.29, 1.82) is 5.26 Å². The number of nitrogens with zero attached hydrogens (tertiary/aromatic N) is 1. The molecule has 0 unspecified atom stereocenters. The monoisotopic (exact) mass is 281 g/mol. The Labute approximate surface area is 103 Å². The summed E-state index contributed by atoms with van der Waals surface area (Å²) < 4.78 is 11.5. The van der Waals surface area contributed by atoms with Crippen molar-refractivity contribution in [3.63, 3.8) is 0 Å². The summed E-state index contributed by atoms with van der Waals surface area (Å²) in [7, 11) is 0. The second-order valence-electron chi connectivity index (χ2n) is 2.92. The summed E-state index contributed by atoms with van der Waals surface area (Å²) in [5, 5.41) is 8.89. The van der Waals surface area contributed by atoms with Gasteiger partial charge in [0, 0.05) is 10.5 Å². The van der Waals surface area contributed by atoms with Gasteiger partial charge in [-0.1, -0.05) is 12.7 Å². The summed E-state index contributed by atoms with van der Waals surface area (Å²) in [6, 6.07) is 5.46. The Morgan fingerprint density at radius 1 is 1.44 bits per heavy atom. The topological polar surface area (TPSA) is 42.2 Å². The highest BCUT2D eigenvalue weighted by Gasteiger charge is 2.10. The van der Waals surface area contributed by atoms with Crippen molar-refractivity contribution in [2.75, 3.05) is 13.2 Å². The van der Waals surface area contributed by atoms with Gasteiger partial charge in [0.05, 0.1) is 12.2 Å². The maximum Gasteiger partial charge on any atom is 0.162 e. The van der Waals surface area contributed by atoms with Gasteiger partial charge in [0.1, 0.15) is 12.7 Å². The van der Waals surface area contributed by atoms with Gasteiger partial charge in [-0.3, -0.25) is 0 Å². The zero-order valence-electron chi connectivity index (χ0n) is 9.00. The Morgan fingerprint density at radius 3 is 2.69 bits per heavy atom. The van der Waals surface area contributed by atoms with E-state index in [2.05, 4.69) is 28.6 Å². The molecule has 84 valence electrons. The Morgan fingerprint density at radius 2 is 2.12 bits per heavy atom. The van der Waals surface area contributed by atoms with E-state index in [1.807, 2.05) is 6.92 Å². The molecule has 0 spiro atoms. The number of nitriles is 1. The zero-order valence-corrected chi connectivity index (χ0v) is 10.6. The van der Waals surface area contributed by atoms with Crippen LogP contribution < -0.4 is 9.47 Å². The highest BCUT2D eigenvalue weighted by molar-refractivity contribution is 9.10. The smallest absolute Gasteiger partial charge is 0.162 e. The van der Waals surface area contributed by atoms with Crippen LogP contribution in [0.1, 0.15) is 12.5 Å². The first-order valence-electron chi connectivity index (χ1n) is 4.83. The fourth-order valence-electron chi connectivity index (χ4n) is 1.15. The van der Waals surface area contributed by atoms with Gasteiger partial charge in [-0.15, -0.1) is 0 Å². The number of hydrogen-bond donors (Lipinski definition) is 0. The van der Waals surface area contributed by atoms with Crippen LogP contribution in [0.4, 0.5) is 0 Å². The molecule has 0 heterocycles. The first-order valence-corrected chi connectivity index (χ1v) is 5.62. The van der Waals surface area contributed by atoms with E-state index in [4.69, 9.17) is 14.7 Å². The lowest BCUT2D eigenvalue weighted by Crippen LogP contribution is -1.99. The van der Waals surface area contributed by atoms with E-state index in [9.17, 15) is 0 Å². The van der Waals surface area contributed by atoms with Gasteiger partial charge >= 0.3 is 0 Å². The van der Waals surface area contributed by atoms with Crippen molar-refractivity contribution in [3.8, 4) is 17.6 Å². The molecule has 4 heteroatoms. The molecular weight excluding hydrogens is 270 g/mol. The van der Waals surface area contributed by atoms with Crippen molar-refractivity contribution < 1.29 is 9.47 Å². The van der Waals surface area contributed by atoms with Gasteiger partial charge < -0.3 is 9.47 Å². The number of ether oxygens (including phenoxy) is 2. The van der Waals surface area contributed by atoms with E-state index in [0.717, 1.165) is 0 Å². The van der Waals surface area contributed by atoms with Crippen LogP contribution in [0, 0.1) is 11.3 Å². The second-order valence-corrected chi connectivity index (χ2v) is 3.78. The van der Waals surface area contributed by atoms with E-state index in [1.54, 1.807) is 18.2 Å². The molecule has 1 aromatic carbocycles. The van der Waals surface area contributed by atoms with Crippen molar-refractivity contribution >= 4 is 15.9 Å². The Kier molecular flexibility index (Phi) is 4.87. The van der Waals surface area contributed by atoms with Crippen molar-refractivity contribution in [3.05, 3.63) is 34.8 Å². The molecule has 1 aromatic rings. The molecule has 0 saturated carbocycles. The molecule has 0 bridgehead atoms. The highest BCUT2D eigenvalue weighted by atomic mass is 79.9. The lowest BCUT2D eigenvalue weighted by molar-refractivity contribution is 0.296. The lowest BCUT2D eigenvalue weighted by Gasteiger charge is -2.11.